The molecule has 1 aliphatic heterocycles. The Bertz CT molecular complexity index is 1000. The molecular weight excluding hydrogens is 439 g/mol. The molecule has 1 atom stereocenters. The molecule has 1 aromatic carbocycles. The lowest BCUT2D eigenvalue weighted by Gasteiger charge is -2.26. The highest BCUT2D eigenvalue weighted by Gasteiger charge is 2.32. The number of hydrogen-bond acceptors (Lipinski definition) is 4. The molecule has 7 nitrogen and oxygen atoms in total. The van der Waals surface area contributed by atoms with Gasteiger partial charge in [-0.3, -0.25) is 14.4 Å². The van der Waals surface area contributed by atoms with Crippen molar-refractivity contribution in [2.45, 2.75) is 31.5 Å². The van der Waals surface area contributed by atoms with Crippen LogP contribution in [0.5, 0.6) is 0 Å². The van der Waals surface area contributed by atoms with Crippen LogP contribution in [0.2, 0.25) is 0 Å². The number of rotatable bonds is 9. The molecule has 2 aromatic rings. The molecule has 0 radical (unpaired) electrons. The summed E-state index contributed by atoms with van der Waals surface area (Å²) in [7, 11) is 0. The molecule has 10 heteroatoms. The fraction of sp³-hybridized carbons (Fsp3) is 0.348. The number of nitrogens with one attached hydrogen (secondary N) is 2. The zero-order valence-corrected chi connectivity index (χ0v) is 17.7. The molecule has 0 bridgehead atoms. The van der Waals surface area contributed by atoms with E-state index in [0.717, 1.165) is 12.1 Å². The maximum absolute atomic E-state index is 13.2. The van der Waals surface area contributed by atoms with Crippen LogP contribution in [0.25, 0.3) is 6.08 Å². The number of carbonyl (C=O) groups excluding carboxylic acids is 3. The lowest BCUT2D eigenvalue weighted by molar-refractivity contribution is -0.137. The van der Waals surface area contributed by atoms with Crippen molar-refractivity contribution in [2.75, 3.05) is 19.6 Å². The molecule has 0 saturated carbocycles. The molecule has 0 aliphatic carbocycles. The van der Waals surface area contributed by atoms with E-state index in [1.165, 1.54) is 35.4 Å². The van der Waals surface area contributed by atoms with Gasteiger partial charge < -0.3 is 20.0 Å². The molecule has 0 spiro atoms. The van der Waals surface area contributed by atoms with Crippen LogP contribution in [-0.2, 0) is 20.6 Å². The molecule has 2 heterocycles. The summed E-state index contributed by atoms with van der Waals surface area (Å²) in [4.78, 5) is 37.9. The molecule has 3 amide bonds. The van der Waals surface area contributed by atoms with E-state index < -0.39 is 29.6 Å². The monoisotopic (exact) mass is 463 g/mol. The summed E-state index contributed by atoms with van der Waals surface area (Å²) in [5.41, 5.74) is -0.578. The highest BCUT2D eigenvalue weighted by molar-refractivity contribution is 5.91. The van der Waals surface area contributed by atoms with Gasteiger partial charge in [0.25, 0.3) is 0 Å². The second-order valence-electron chi connectivity index (χ2n) is 7.58. The van der Waals surface area contributed by atoms with E-state index >= 15 is 0 Å². The first kappa shape index (κ1) is 24.1. The van der Waals surface area contributed by atoms with Crippen LogP contribution in [0.4, 0.5) is 13.2 Å². The van der Waals surface area contributed by atoms with Gasteiger partial charge in [0.1, 0.15) is 5.76 Å². The lowest BCUT2D eigenvalue weighted by Crippen LogP contribution is -2.39. The van der Waals surface area contributed by atoms with Crippen LogP contribution < -0.4 is 10.6 Å². The fourth-order valence-electron chi connectivity index (χ4n) is 3.45. The first-order chi connectivity index (χ1) is 15.7. The maximum atomic E-state index is 13.2. The number of hydrogen-bond donors (Lipinski definition) is 2. The minimum atomic E-state index is -4.53. The van der Waals surface area contributed by atoms with Gasteiger partial charge in [0, 0.05) is 38.6 Å². The molecule has 3 rings (SSSR count). The minimum Gasteiger partial charge on any atom is -0.465 e. The van der Waals surface area contributed by atoms with Crippen LogP contribution in [0.15, 0.2) is 53.2 Å². The van der Waals surface area contributed by atoms with Crippen molar-refractivity contribution in [2.24, 2.45) is 0 Å². The van der Waals surface area contributed by atoms with Gasteiger partial charge in [-0.15, -0.1) is 0 Å². The summed E-state index contributed by atoms with van der Waals surface area (Å²) in [6.45, 7) is 0.595. The van der Waals surface area contributed by atoms with Crippen LogP contribution in [0, 0.1) is 0 Å². The second-order valence-corrected chi connectivity index (χ2v) is 7.58. The smallest absolute Gasteiger partial charge is 0.416 e. The Morgan fingerprint density at radius 1 is 1.21 bits per heavy atom. The van der Waals surface area contributed by atoms with Crippen molar-refractivity contribution in [3.05, 3.63) is 65.6 Å². The molecule has 33 heavy (non-hydrogen) atoms. The average Bonchev–Trinajstić information content (AvgIpc) is 3.43. The summed E-state index contributed by atoms with van der Waals surface area (Å²) in [6, 6.07) is 7.24. The molecular formula is C23H24F3N3O4. The van der Waals surface area contributed by atoms with E-state index in [1.807, 2.05) is 0 Å². The number of amides is 3. The molecule has 176 valence electrons. The second kappa shape index (κ2) is 10.8. The summed E-state index contributed by atoms with van der Waals surface area (Å²) in [5, 5.41) is 5.26. The Hall–Kier alpha value is -3.56. The number of furan rings is 1. The number of benzene rings is 1. The minimum absolute atomic E-state index is 0.0329. The Labute approximate surface area is 188 Å². The maximum Gasteiger partial charge on any atom is 0.416 e. The van der Waals surface area contributed by atoms with Crippen molar-refractivity contribution in [1.29, 1.82) is 0 Å². The normalized spacial score (nSPS) is 15.1. The van der Waals surface area contributed by atoms with Crippen LogP contribution in [-0.4, -0.2) is 42.3 Å². The molecule has 1 aliphatic rings. The van der Waals surface area contributed by atoms with Crippen molar-refractivity contribution in [3.63, 3.8) is 0 Å². The lowest BCUT2D eigenvalue weighted by atomic mass is 10.0. The molecule has 2 N–H and O–H groups in total. The van der Waals surface area contributed by atoms with E-state index in [2.05, 4.69) is 10.6 Å². The third-order valence-electron chi connectivity index (χ3n) is 5.12. The predicted molar refractivity (Wildman–Crippen MR) is 114 cm³/mol. The number of likely N-dealkylation sites (tertiary alicyclic amines) is 1. The van der Waals surface area contributed by atoms with Gasteiger partial charge in [-0.2, -0.15) is 13.2 Å². The van der Waals surface area contributed by atoms with E-state index in [-0.39, 0.29) is 31.0 Å². The zero-order valence-electron chi connectivity index (χ0n) is 17.7. The SMILES string of the molecule is O=C(/C=C/c1ccco1)NCCC(=O)NC(CN1CCCC1=O)c1cccc(C(F)(F)F)c1. The van der Waals surface area contributed by atoms with Crippen molar-refractivity contribution >= 4 is 23.8 Å². The third-order valence-corrected chi connectivity index (χ3v) is 5.12. The number of nitrogens with zero attached hydrogens (tertiary/aromatic N) is 1. The Morgan fingerprint density at radius 2 is 2.03 bits per heavy atom. The quantitative estimate of drug-likeness (QED) is 0.559. The topological polar surface area (TPSA) is 91.7 Å². The van der Waals surface area contributed by atoms with Gasteiger partial charge in [0.05, 0.1) is 17.9 Å². The summed E-state index contributed by atoms with van der Waals surface area (Å²) >= 11 is 0. The van der Waals surface area contributed by atoms with Crippen LogP contribution in [0.3, 0.4) is 0 Å². The van der Waals surface area contributed by atoms with Crippen molar-refractivity contribution in [3.8, 4) is 0 Å². The summed E-state index contributed by atoms with van der Waals surface area (Å²) in [6.07, 6.45) is 0.650. The van der Waals surface area contributed by atoms with Gasteiger partial charge in [-0.1, -0.05) is 12.1 Å². The van der Waals surface area contributed by atoms with E-state index in [0.29, 0.717) is 25.1 Å². The van der Waals surface area contributed by atoms with Crippen LogP contribution in [0.1, 0.15) is 42.2 Å². The van der Waals surface area contributed by atoms with E-state index in [4.69, 9.17) is 4.42 Å². The molecule has 1 aromatic heterocycles. The number of carbonyl (C=O) groups is 3. The van der Waals surface area contributed by atoms with Gasteiger partial charge in [-0.05, 0) is 42.3 Å². The number of alkyl halides is 3. The molecule has 1 saturated heterocycles. The summed E-state index contributed by atoms with van der Waals surface area (Å²) < 4.78 is 44.5. The first-order valence-electron chi connectivity index (χ1n) is 10.5. The average molecular weight is 463 g/mol. The first-order valence-corrected chi connectivity index (χ1v) is 10.5. The largest absolute Gasteiger partial charge is 0.465 e. The van der Waals surface area contributed by atoms with E-state index in [1.54, 1.807) is 12.1 Å². The Morgan fingerprint density at radius 3 is 2.70 bits per heavy atom. The van der Waals surface area contributed by atoms with E-state index in [9.17, 15) is 27.6 Å². The predicted octanol–water partition coefficient (Wildman–Crippen LogP) is 3.30. The van der Waals surface area contributed by atoms with Crippen molar-refractivity contribution < 1.29 is 32.0 Å². The van der Waals surface area contributed by atoms with Crippen molar-refractivity contribution in [1.82, 2.24) is 15.5 Å². The van der Waals surface area contributed by atoms with Gasteiger partial charge in [0.2, 0.25) is 17.7 Å². The Balaban J connectivity index is 1.60. The zero-order chi connectivity index (χ0) is 23.8. The highest BCUT2D eigenvalue weighted by atomic mass is 19.4. The molecule has 1 unspecified atom stereocenters. The van der Waals surface area contributed by atoms with Crippen LogP contribution >= 0.6 is 0 Å². The Kier molecular flexibility index (Phi) is 7.92. The summed E-state index contributed by atoms with van der Waals surface area (Å²) in [5.74, 6) is -0.476. The van der Waals surface area contributed by atoms with Gasteiger partial charge in [-0.25, -0.2) is 0 Å². The number of halogens is 3. The standard InChI is InChI=1S/C23H24F3N3O4/c24-23(25,26)17-5-1-4-16(14-17)19(15-29-12-2-7-22(29)32)28-21(31)10-11-27-20(30)9-8-18-6-3-13-33-18/h1,3-6,8-9,13-14,19H,2,7,10-12,15H2,(H,27,30)(H,28,31)/b9-8+. The highest BCUT2D eigenvalue weighted by Crippen LogP contribution is 2.31. The molecule has 1 fully saturated rings. The van der Waals surface area contributed by atoms with Gasteiger partial charge >= 0.3 is 6.18 Å². The third kappa shape index (κ3) is 7.23. The fourth-order valence-corrected chi connectivity index (χ4v) is 3.45. The van der Waals surface area contributed by atoms with Gasteiger partial charge in [0.15, 0.2) is 0 Å².